The summed E-state index contributed by atoms with van der Waals surface area (Å²) in [5.41, 5.74) is 0.653. The van der Waals surface area contributed by atoms with Crippen LogP contribution in [0.2, 0.25) is 13.1 Å². The van der Waals surface area contributed by atoms with E-state index in [1.165, 1.54) is 0 Å². The van der Waals surface area contributed by atoms with Crippen LogP contribution in [0.15, 0.2) is 11.6 Å². The van der Waals surface area contributed by atoms with Crippen LogP contribution in [0.25, 0.3) is 0 Å². The van der Waals surface area contributed by atoms with Gasteiger partial charge in [-0.25, -0.2) is 4.79 Å². The maximum Gasteiger partial charge on any atom is 0.395 e. The van der Waals surface area contributed by atoms with Crippen LogP contribution in [0.3, 0.4) is 0 Å². The molecule has 0 saturated carbocycles. The molecule has 76 valence electrons. The summed E-state index contributed by atoms with van der Waals surface area (Å²) in [5, 5.41) is 0. The number of carbonyl (C=O) groups is 1. The molecule has 0 aromatic rings. The first kappa shape index (κ1) is 12.4. The highest BCUT2D eigenvalue weighted by Gasteiger charge is 2.27. The number of rotatable bonds is 4. The molecule has 13 heavy (non-hydrogen) atoms. The minimum atomic E-state index is -2.22. The van der Waals surface area contributed by atoms with Gasteiger partial charge in [-0.1, -0.05) is 13.0 Å². The smallest absolute Gasteiger partial charge is 0.395 e. The van der Waals surface area contributed by atoms with Crippen LogP contribution < -0.4 is 0 Å². The van der Waals surface area contributed by atoms with Crippen molar-refractivity contribution in [2.45, 2.75) is 33.4 Å². The van der Waals surface area contributed by atoms with Crippen LogP contribution >= 0.6 is 0 Å². The van der Waals surface area contributed by atoms with E-state index in [0.717, 1.165) is 6.42 Å². The number of carbonyl (C=O) groups excluding carboxylic acids is 1. The van der Waals surface area contributed by atoms with E-state index in [4.69, 9.17) is 8.85 Å². The van der Waals surface area contributed by atoms with E-state index in [-0.39, 0.29) is 5.97 Å². The van der Waals surface area contributed by atoms with Crippen molar-refractivity contribution in [3.05, 3.63) is 11.6 Å². The molecule has 0 fully saturated rings. The van der Waals surface area contributed by atoms with Crippen molar-refractivity contribution in [1.29, 1.82) is 0 Å². The molecule has 0 rings (SSSR count). The van der Waals surface area contributed by atoms with Gasteiger partial charge in [0.25, 0.3) is 0 Å². The van der Waals surface area contributed by atoms with Gasteiger partial charge in [-0.15, -0.1) is 0 Å². The standard InChI is InChI=1S/C9H18O3Si/c1-6-7-8(2)9(10)12-13(4,5)11-3/h7H,6H2,1-5H3. The van der Waals surface area contributed by atoms with Crippen LogP contribution in [-0.2, 0) is 13.6 Å². The molecule has 0 amide bonds. The number of hydrogen-bond acceptors (Lipinski definition) is 3. The van der Waals surface area contributed by atoms with E-state index in [2.05, 4.69) is 0 Å². The Morgan fingerprint density at radius 3 is 2.38 bits per heavy atom. The van der Waals surface area contributed by atoms with Gasteiger partial charge in [0.1, 0.15) is 0 Å². The van der Waals surface area contributed by atoms with Crippen molar-refractivity contribution in [2.75, 3.05) is 7.11 Å². The first-order chi connectivity index (χ1) is 5.93. The van der Waals surface area contributed by atoms with Crippen molar-refractivity contribution < 1.29 is 13.6 Å². The minimum Gasteiger partial charge on any atom is -0.491 e. The lowest BCUT2D eigenvalue weighted by molar-refractivity contribution is -0.132. The van der Waals surface area contributed by atoms with Gasteiger partial charge in [0, 0.05) is 12.7 Å². The zero-order valence-corrected chi connectivity index (χ0v) is 10.0. The molecule has 0 atom stereocenters. The summed E-state index contributed by atoms with van der Waals surface area (Å²) in [6.07, 6.45) is 2.69. The molecule has 0 aliphatic heterocycles. The third-order valence-electron chi connectivity index (χ3n) is 1.66. The summed E-state index contributed by atoms with van der Waals surface area (Å²) in [5.74, 6) is -0.264. The molecule has 0 spiro atoms. The molecule has 0 radical (unpaired) electrons. The van der Waals surface area contributed by atoms with Gasteiger partial charge in [0.15, 0.2) is 0 Å². The Balaban J connectivity index is 4.23. The highest BCUT2D eigenvalue weighted by molar-refractivity contribution is 6.66. The Morgan fingerprint density at radius 1 is 1.46 bits per heavy atom. The fourth-order valence-electron chi connectivity index (χ4n) is 0.735. The Hall–Kier alpha value is -0.613. The first-order valence-electron chi connectivity index (χ1n) is 4.38. The molecule has 0 aliphatic rings. The van der Waals surface area contributed by atoms with Gasteiger partial charge >= 0.3 is 14.5 Å². The maximum atomic E-state index is 11.4. The average Bonchev–Trinajstić information content (AvgIpc) is 2.04. The van der Waals surface area contributed by atoms with E-state index in [1.54, 1.807) is 14.0 Å². The van der Waals surface area contributed by atoms with Gasteiger partial charge in [-0.3, -0.25) is 0 Å². The molecule has 0 aromatic heterocycles. The third kappa shape index (κ3) is 4.85. The Labute approximate surface area is 81.0 Å². The number of hydrogen-bond donors (Lipinski definition) is 0. The second-order valence-corrected chi connectivity index (χ2v) is 6.70. The molecular weight excluding hydrogens is 184 g/mol. The molecule has 0 aromatic carbocycles. The van der Waals surface area contributed by atoms with Crippen LogP contribution in [0.5, 0.6) is 0 Å². The topological polar surface area (TPSA) is 35.5 Å². The van der Waals surface area contributed by atoms with Crippen molar-refractivity contribution >= 4 is 14.5 Å². The van der Waals surface area contributed by atoms with Crippen molar-refractivity contribution in [2.24, 2.45) is 0 Å². The SMILES string of the molecule is CCC=C(C)C(=O)O[Si](C)(C)OC. The lowest BCUT2D eigenvalue weighted by atomic mass is 10.2. The van der Waals surface area contributed by atoms with Crippen LogP contribution in [0.4, 0.5) is 0 Å². The second kappa shape index (κ2) is 5.19. The molecule has 0 saturated heterocycles. The second-order valence-electron chi connectivity index (χ2n) is 3.29. The Morgan fingerprint density at radius 2 is 2.00 bits per heavy atom. The highest BCUT2D eigenvalue weighted by Crippen LogP contribution is 2.08. The normalized spacial score (nSPS) is 12.8. The van der Waals surface area contributed by atoms with Gasteiger partial charge in [-0.05, 0) is 26.4 Å². The minimum absolute atomic E-state index is 0.264. The van der Waals surface area contributed by atoms with Crippen LogP contribution in [-0.4, -0.2) is 21.6 Å². The Kier molecular flexibility index (Phi) is 4.94. The summed E-state index contributed by atoms with van der Waals surface area (Å²) in [6.45, 7) is 7.41. The van der Waals surface area contributed by atoms with Gasteiger partial charge in [0.05, 0.1) is 0 Å². The van der Waals surface area contributed by atoms with E-state index < -0.39 is 8.56 Å². The lowest BCUT2D eigenvalue weighted by Gasteiger charge is -2.19. The van der Waals surface area contributed by atoms with Gasteiger partial charge < -0.3 is 8.85 Å². The van der Waals surface area contributed by atoms with Crippen molar-refractivity contribution in [3.8, 4) is 0 Å². The first-order valence-corrected chi connectivity index (χ1v) is 7.20. The van der Waals surface area contributed by atoms with E-state index in [1.807, 2.05) is 26.1 Å². The zero-order valence-electron chi connectivity index (χ0n) is 9.01. The quantitative estimate of drug-likeness (QED) is 0.518. The van der Waals surface area contributed by atoms with Crippen molar-refractivity contribution in [1.82, 2.24) is 0 Å². The summed E-state index contributed by atoms with van der Waals surface area (Å²) in [4.78, 5) is 11.4. The predicted molar refractivity (Wildman–Crippen MR) is 54.6 cm³/mol. The monoisotopic (exact) mass is 202 g/mol. The molecular formula is C9H18O3Si. The molecule has 0 aliphatic carbocycles. The van der Waals surface area contributed by atoms with Gasteiger partial charge in [0.2, 0.25) is 0 Å². The predicted octanol–water partition coefficient (Wildman–Crippen LogP) is 2.23. The van der Waals surface area contributed by atoms with Crippen molar-refractivity contribution in [3.63, 3.8) is 0 Å². The fraction of sp³-hybridized carbons (Fsp3) is 0.667. The summed E-state index contributed by atoms with van der Waals surface area (Å²) < 4.78 is 10.3. The van der Waals surface area contributed by atoms with E-state index in [0.29, 0.717) is 5.57 Å². The van der Waals surface area contributed by atoms with Gasteiger partial charge in [-0.2, -0.15) is 0 Å². The maximum absolute atomic E-state index is 11.4. The van der Waals surface area contributed by atoms with Crippen LogP contribution in [0, 0.1) is 0 Å². The van der Waals surface area contributed by atoms with E-state index >= 15 is 0 Å². The molecule has 0 bridgehead atoms. The summed E-state index contributed by atoms with van der Waals surface area (Å²) in [7, 11) is -0.655. The summed E-state index contributed by atoms with van der Waals surface area (Å²) >= 11 is 0. The highest BCUT2D eigenvalue weighted by atomic mass is 28.4. The molecule has 0 N–H and O–H groups in total. The Bertz CT molecular complexity index is 209. The molecule has 3 nitrogen and oxygen atoms in total. The average molecular weight is 202 g/mol. The lowest BCUT2D eigenvalue weighted by Crippen LogP contribution is -2.36. The third-order valence-corrected chi connectivity index (χ3v) is 3.32. The van der Waals surface area contributed by atoms with Crippen LogP contribution in [0.1, 0.15) is 20.3 Å². The molecule has 0 unspecified atom stereocenters. The number of allylic oxidation sites excluding steroid dienone is 1. The summed E-state index contributed by atoms with van der Waals surface area (Å²) in [6, 6.07) is 0. The zero-order chi connectivity index (χ0) is 10.5. The molecule has 4 heteroatoms. The largest absolute Gasteiger partial charge is 0.491 e. The van der Waals surface area contributed by atoms with E-state index in [9.17, 15) is 4.79 Å². The molecule has 0 heterocycles. The fourth-order valence-corrected chi connectivity index (χ4v) is 1.43.